The van der Waals surface area contributed by atoms with Gasteiger partial charge in [-0.05, 0) is 45.2 Å². The summed E-state index contributed by atoms with van der Waals surface area (Å²) in [6.45, 7) is 5.84. The predicted octanol–water partition coefficient (Wildman–Crippen LogP) is 4.37. The Hall–Kier alpha value is -2.94. The van der Waals surface area contributed by atoms with Gasteiger partial charge in [0.2, 0.25) is 5.89 Å². The van der Waals surface area contributed by atoms with Crippen LogP contribution in [0.2, 0.25) is 0 Å². The molecule has 9 heteroatoms. The van der Waals surface area contributed by atoms with E-state index in [9.17, 15) is 18.0 Å². The fourth-order valence-corrected chi connectivity index (χ4v) is 3.38. The fourth-order valence-electron chi connectivity index (χ4n) is 3.38. The van der Waals surface area contributed by atoms with Gasteiger partial charge in [-0.2, -0.15) is 18.2 Å². The molecule has 6 nitrogen and oxygen atoms in total. The van der Waals surface area contributed by atoms with Crippen LogP contribution in [0.25, 0.3) is 5.69 Å². The normalized spacial score (nSPS) is 12.0. The first-order valence-corrected chi connectivity index (χ1v) is 9.50. The molecule has 160 valence electrons. The van der Waals surface area contributed by atoms with E-state index in [1.165, 1.54) is 6.07 Å². The van der Waals surface area contributed by atoms with Crippen molar-refractivity contribution in [3.8, 4) is 5.69 Å². The number of halogens is 3. The molecule has 0 aliphatic carbocycles. The van der Waals surface area contributed by atoms with Crippen LogP contribution in [0.15, 0.2) is 34.9 Å². The summed E-state index contributed by atoms with van der Waals surface area (Å²) in [4.78, 5) is 18.8. The summed E-state index contributed by atoms with van der Waals surface area (Å²) in [5.74, 6) is 0.894. The Balaban J connectivity index is 1.80. The number of carbonyl (C=O) groups is 1. The Bertz CT molecular complexity index is 1050. The smallest absolute Gasteiger partial charge is 0.338 e. The third-order valence-corrected chi connectivity index (χ3v) is 4.81. The van der Waals surface area contributed by atoms with Crippen LogP contribution in [0, 0.1) is 13.8 Å². The lowest BCUT2D eigenvalue weighted by Gasteiger charge is -2.14. The van der Waals surface area contributed by atoms with Crippen LogP contribution in [-0.2, 0) is 19.1 Å². The lowest BCUT2D eigenvalue weighted by Crippen LogP contribution is -2.26. The van der Waals surface area contributed by atoms with E-state index in [2.05, 4.69) is 10.1 Å². The van der Waals surface area contributed by atoms with Gasteiger partial charge in [0.15, 0.2) is 11.6 Å². The molecule has 0 saturated carbocycles. The molecule has 3 aromatic rings. The molecule has 0 atom stereocenters. The highest BCUT2D eigenvalue weighted by atomic mass is 19.4. The van der Waals surface area contributed by atoms with Crippen molar-refractivity contribution in [3.05, 3.63) is 64.6 Å². The molecule has 1 aromatic carbocycles. The fraction of sp³-hybridized carbons (Fsp3) is 0.381. The van der Waals surface area contributed by atoms with Crippen LogP contribution in [-0.4, -0.2) is 39.0 Å². The number of rotatable bonds is 7. The quantitative estimate of drug-likeness (QED) is 0.531. The van der Waals surface area contributed by atoms with Crippen LogP contribution in [0.5, 0.6) is 0 Å². The Labute approximate surface area is 172 Å². The number of hydrogen-bond acceptors (Lipinski definition) is 5. The summed E-state index contributed by atoms with van der Waals surface area (Å²) >= 11 is 0. The molecule has 0 aliphatic rings. The van der Waals surface area contributed by atoms with Crippen LogP contribution in [0.4, 0.5) is 13.2 Å². The maximum atomic E-state index is 13.1. The molecule has 0 amide bonds. The minimum atomic E-state index is -4.43. The first-order valence-electron chi connectivity index (χ1n) is 9.50. The minimum absolute atomic E-state index is 0.108. The van der Waals surface area contributed by atoms with Crippen molar-refractivity contribution < 1.29 is 22.5 Å². The molecular weight excluding hydrogens is 397 g/mol. The van der Waals surface area contributed by atoms with E-state index in [0.29, 0.717) is 47.3 Å². The standard InChI is InChI=1S/C21H23F3N4O2/c1-5-19-25-20(30-26-19)12-27(4)11-18(29)17-9-13(2)28(14(17)3)16-8-6-7-15(10-16)21(22,23)24/h6-10H,5,11-12H2,1-4H3. The largest absolute Gasteiger partial charge is 0.416 e. The number of alkyl halides is 3. The molecule has 0 fully saturated rings. The number of Topliss-reactive ketones (excluding diaryl/α,β-unsaturated/α-hetero) is 1. The summed E-state index contributed by atoms with van der Waals surface area (Å²) in [6, 6.07) is 6.77. The molecule has 0 radical (unpaired) electrons. The Morgan fingerprint density at radius 3 is 2.60 bits per heavy atom. The highest BCUT2D eigenvalue weighted by Gasteiger charge is 2.31. The highest BCUT2D eigenvalue weighted by Crippen LogP contribution is 2.31. The van der Waals surface area contributed by atoms with Gasteiger partial charge in [-0.25, -0.2) is 0 Å². The van der Waals surface area contributed by atoms with Crippen molar-refractivity contribution in [2.75, 3.05) is 13.6 Å². The zero-order valence-electron chi connectivity index (χ0n) is 17.2. The maximum Gasteiger partial charge on any atom is 0.416 e. The van der Waals surface area contributed by atoms with Gasteiger partial charge in [0.1, 0.15) is 0 Å². The number of benzene rings is 1. The molecule has 0 aliphatic heterocycles. The van der Waals surface area contributed by atoms with E-state index < -0.39 is 11.7 Å². The van der Waals surface area contributed by atoms with Gasteiger partial charge in [0.05, 0.1) is 18.7 Å². The predicted molar refractivity (Wildman–Crippen MR) is 105 cm³/mol. The molecule has 0 saturated heterocycles. The summed E-state index contributed by atoms with van der Waals surface area (Å²) in [7, 11) is 1.76. The molecule has 0 unspecified atom stereocenters. The van der Waals surface area contributed by atoms with E-state index in [0.717, 1.165) is 12.1 Å². The highest BCUT2D eigenvalue weighted by molar-refractivity contribution is 5.99. The minimum Gasteiger partial charge on any atom is -0.338 e. The first kappa shape index (κ1) is 21.8. The Morgan fingerprint density at radius 1 is 1.23 bits per heavy atom. The molecule has 0 N–H and O–H groups in total. The van der Waals surface area contributed by atoms with Crippen LogP contribution in [0.3, 0.4) is 0 Å². The van der Waals surface area contributed by atoms with Crippen molar-refractivity contribution in [2.24, 2.45) is 0 Å². The van der Waals surface area contributed by atoms with E-state index in [-0.39, 0.29) is 12.3 Å². The van der Waals surface area contributed by atoms with Gasteiger partial charge >= 0.3 is 6.18 Å². The van der Waals surface area contributed by atoms with Gasteiger partial charge in [-0.15, -0.1) is 0 Å². The SMILES string of the molecule is CCc1noc(CN(C)CC(=O)c2cc(C)n(-c3cccc(C(F)(F)F)c3)c2C)n1. The zero-order valence-corrected chi connectivity index (χ0v) is 17.2. The van der Waals surface area contributed by atoms with E-state index in [1.54, 1.807) is 42.5 Å². The zero-order chi connectivity index (χ0) is 22.1. The van der Waals surface area contributed by atoms with Crippen molar-refractivity contribution in [1.82, 2.24) is 19.6 Å². The number of likely N-dealkylation sites (N-methyl/N-ethyl adjacent to an activating group) is 1. The second-order valence-electron chi connectivity index (χ2n) is 7.22. The van der Waals surface area contributed by atoms with Crippen molar-refractivity contribution in [2.45, 2.75) is 39.9 Å². The number of aromatic nitrogens is 3. The first-order chi connectivity index (χ1) is 14.1. The summed E-state index contributed by atoms with van der Waals surface area (Å²) < 4.78 is 46.0. The second kappa shape index (κ2) is 8.43. The van der Waals surface area contributed by atoms with Gasteiger partial charge in [-0.1, -0.05) is 18.1 Å². The number of hydrogen-bond donors (Lipinski definition) is 0. The van der Waals surface area contributed by atoms with Gasteiger partial charge in [0, 0.05) is 29.1 Å². The van der Waals surface area contributed by atoms with Crippen molar-refractivity contribution in [3.63, 3.8) is 0 Å². The van der Waals surface area contributed by atoms with Gasteiger partial charge in [0.25, 0.3) is 0 Å². The van der Waals surface area contributed by atoms with Crippen LogP contribution >= 0.6 is 0 Å². The summed E-state index contributed by atoms with van der Waals surface area (Å²) in [5.41, 5.74) is 1.38. The summed E-state index contributed by atoms with van der Waals surface area (Å²) in [6.07, 6.45) is -3.77. The Morgan fingerprint density at radius 2 is 1.97 bits per heavy atom. The lowest BCUT2D eigenvalue weighted by atomic mass is 10.1. The van der Waals surface area contributed by atoms with Crippen molar-refractivity contribution >= 4 is 5.78 Å². The van der Waals surface area contributed by atoms with Crippen LogP contribution < -0.4 is 0 Å². The second-order valence-corrected chi connectivity index (χ2v) is 7.22. The van der Waals surface area contributed by atoms with Crippen LogP contribution in [0.1, 0.15) is 45.9 Å². The number of ketones is 1. The van der Waals surface area contributed by atoms with Gasteiger partial charge < -0.3 is 9.09 Å². The topological polar surface area (TPSA) is 64.2 Å². The van der Waals surface area contributed by atoms with E-state index in [4.69, 9.17) is 4.52 Å². The molecule has 3 rings (SSSR count). The van der Waals surface area contributed by atoms with E-state index in [1.807, 2.05) is 6.92 Å². The monoisotopic (exact) mass is 420 g/mol. The van der Waals surface area contributed by atoms with Crippen molar-refractivity contribution in [1.29, 1.82) is 0 Å². The average molecular weight is 420 g/mol. The third kappa shape index (κ3) is 4.62. The molecule has 2 heterocycles. The number of aryl methyl sites for hydroxylation is 2. The number of carbonyl (C=O) groups excluding carboxylic acids is 1. The van der Waals surface area contributed by atoms with E-state index >= 15 is 0 Å². The third-order valence-electron chi connectivity index (χ3n) is 4.81. The van der Waals surface area contributed by atoms with Gasteiger partial charge in [-0.3, -0.25) is 9.69 Å². The molecule has 0 bridgehead atoms. The number of nitrogens with zero attached hydrogens (tertiary/aromatic N) is 4. The maximum absolute atomic E-state index is 13.1. The molecule has 30 heavy (non-hydrogen) atoms. The molecule has 0 spiro atoms. The Kier molecular flexibility index (Phi) is 6.12. The molecular formula is C21H23F3N4O2. The molecule has 2 aromatic heterocycles. The lowest BCUT2D eigenvalue weighted by molar-refractivity contribution is -0.137. The average Bonchev–Trinajstić information content (AvgIpc) is 3.24. The summed E-state index contributed by atoms with van der Waals surface area (Å²) in [5, 5.41) is 3.83.